The molecule has 84 valence electrons. The molecular weight excluding hydrogens is 192 g/mol. The summed E-state index contributed by atoms with van der Waals surface area (Å²) in [7, 11) is 0. The third-order valence-electron chi connectivity index (χ3n) is 3.07. The molecule has 0 unspecified atom stereocenters. The fourth-order valence-electron chi connectivity index (χ4n) is 2.24. The Balaban J connectivity index is 1.76. The molecule has 0 amide bonds. The van der Waals surface area contributed by atoms with E-state index in [0.29, 0.717) is 6.04 Å². The van der Waals surface area contributed by atoms with Crippen molar-refractivity contribution in [3.8, 4) is 0 Å². The lowest BCUT2D eigenvalue weighted by atomic mass is 9.90. The first kappa shape index (κ1) is 10.6. The molecule has 1 N–H and O–H groups in total. The number of rotatable bonds is 3. The van der Waals surface area contributed by atoms with Crippen molar-refractivity contribution in [1.29, 1.82) is 0 Å². The molecule has 0 radical (unpaired) electrons. The Bertz CT molecular complexity index is 237. The van der Waals surface area contributed by atoms with Gasteiger partial charge in [-0.3, -0.25) is 4.99 Å². The summed E-state index contributed by atoms with van der Waals surface area (Å²) in [4.78, 5) is 3.65. The zero-order chi connectivity index (χ0) is 10.6. The van der Waals surface area contributed by atoms with Crippen LogP contribution in [0.2, 0.25) is 0 Å². The predicted molar refractivity (Wildman–Crippen MR) is 58.7 cm³/mol. The topological polar surface area (TPSA) is 42.9 Å². The Hall–Kier alpha value is -0.870. The lowest BCUT2D eigenvalue weighted by Crippen LogP contribution is -2.40. The van der Waals surface area contributed by atoms with Gasteiger partial charge in [-0.15, -0.1) is 0 Å². The maximum atomic E-state index is 5.66. The summed E-state index contributed by atoms with van der Waals surface area (Å²) in [6, 6.07) is 0.515. The molecule has 0 aromatic rings. The van der Waals surface area contributed by atoms with Gasteiger partial charge in [0.2, 0.25) is 0 Å². The SMILES string of the molecule is C=N/C=C\NC1CCC2(CC1)OCCO2. The van der Waals surface area contributed by atoms with Crippen LogP contribution in [0.1, 0.15) is 25.7 Å². The number of ether oxygens (including phenoxy) is 2. The molecule has 0 atom stereocenters. The first-order chi connectivity index (χ1) is 7.35. The number of hydrogen-bond donors (Lipinski definition) is 1. The average molecular weight is 210 g/mol. The smallest absolute Gasteiger partial charge is 0.168 e. The Kier molecular flexibility index (Phi) is 3.38. The van der Waals surface area contributed by atoms with Crippen LogP contribution < -0.4 is 5.32 Å². The van der Waals surface area contributed by atoms with Gasteiger partial charge in [-0.2, -0.15) is 0 Å². The fraction of sp³-hybridized carbons (Fsp3) is 0.727. The second-order valence-electron chi connectivity index (χ2n) is 4.05. The second kappa shape index (κ2) is 4.77. The van der Waals surface area contributed by atoms with Crippen LogP contribution >= 0.6 is 0 Å². The molecule has 0 aromatic carbocycles. The van der Waals surface area contributed by atoms with Gasteiger partial charge in [0, 0.05) is 31.3 Å². The molecule has 1 saturated heterocycles. The highest BCUT2D eigenvalue weighted by molar-refractivity contribution is 5.25. The highest BCUT2D eigenvalue weighted by Crippen LogP contribution is 2.35. The summed E-state index contributed by atoms with van der Waals surface area (Å²) in [5.41, 5.74) is 0. The molecule has 0 bridgehead atoms. The van der Waals surface area contributed by atoms with E-state index in [4.69, 9.17) is 9.47 Å². The third kappa shape index (κ3) is 2.58. The molecule has 4 nitrogen and oxygen atoms in total. The van der Waals surface area contributed by atoms with E-state index in [9.17, 15) is 0 Å². The molecule has 2 aliphatic rings. The van der Waals surface area contributed by atoms with Gasteiger partial charge in [0.1, 0.15) is 0 Å². The number of nitrogens with one attached hydrogen (secondary N) is 1. The predicted octanol–water partition coefficient (Wildman–Crippen LogP) is 1.43. The van der Waals surface area contributed by atoms with Gasteiger partial charge in [-0.25, -0.2) is 0 Å². The minimum atomic E-state index is -0.251. The minimum absolute atomic E-state index is 0.251. The van der Waals surface area contributed by atoms with Gasteiger partial charge in [0.05, 0.1) is 13.2 Å². The normalized spacial score (nSPS) is 26.1. The van der Waals surface area contributed by atoms with Gasteiger partial charge in [-0.1, -0.05) is 0 Å². The summed E-state index contributed by atoms with van der Waals surface area (Å²) < 4.78 is 11.3. The summed E-state index contributed by atoms with van der Waals surface area (Å²) in [5.74, 6) is -0.251. The van der Waals surface area contributed by atoms with Crippen LogP contribution in [0.5, 0.6) is 0 Å². The molecule has 1 spiro atoms. The zero-order valence-electron chi connectivity index (χ0n) is 8.95. The van der Waals surface area contributed by atoms with E-state index in [2.05, 4.69) is 17.0 Å². The highest BCUT2D eigenvalue weighted by atomic mass is 16.7. The van der Waals surface area contributed by atoms with Crippen molar-refractivity contribution in [3.63, 3.8) is 0 Å². The van der Waals surface area contributed by atoms with Crippen LogP contribution in [-0.2, 0) is 9.47 Å². The molecule has 15 heavy (non-hydrogen) atoms. The Morgan fingerprint density at radius 2 is 1.93 bits per heavy atom. The van der Waals surface area contributed by atoms with Crippen molar-refractivity contribution in [2.24, 2.45) is 4.99 Å². The Morgan fingerprint density at radius 3 is 2.53 bits per heavy atom. The van der Waals surface area contributed by atoms with Crippen molar-refractivity contribution in [2.45, 2.75) is 37.5 Å². The van der Waals surface area contributed by atoms with Crippen LogP contribution in [0.4, 0.5) is 0 Å². The van der Waals surface area contributed by atoms with Crippen LogP contribution in [0.25, 0.3) is 0 Å². The van der Waals surface area contributed by atoms with Crippen LogP contribution in [0.3, 0.4) is 0 Å². The Labute approximate surface area is 90.4 Å². The molecule has 2 rings (SSSR count). The summed E-state index contributed by atoms with van der Waals surface area (Å²) >= 11 is 0. The summed E-state index contributed by atoms with van der Waals surface area (Å²) in [6.07, 6.45) is 7.67. The molecule has 1 aliphatic carbocycles. The lowest BCUT2D eigenvalue weighted by molar-refractivity contribution is -0.179. The van der Waals surface area contributed by atoms with E-state index in [1.165, 1.54) is 0 Å². The molecule has 0 aromatic heterocycles. The largest absolute Gasteiger partial charge is 0.387 e. The zero-order valence-corrected chi connectivity index (χ0v) is 8.95. The van der Waals surface area contributed by atoms with Gasteiger partial charge in [0.15, 0.2) is 5.79 Å². The van der Waals surface area contributed by atoms with E-state index >= 15 is 0 Å². The summed E-state index contributed by atoms with van der Waals surface area (Å²) in [5, 5.41) is 3.30. The molecule has 1 heterocycles. The van der Waals surface area contributed by atoms with Gasteiger partial charge < -0.3 is 14.8 Å². The molecule has 1 aliphatic heterocycles. The van der Waals surface area contributed by atoms with E-state index in [-0.39, 0.29) is 5.79 Å². The Morgan fingerprint density at radius 1 is 1.27 bits per heavy atom. The van der Waals surface area contributed by atoms with E-state index < -0.39 is 0 Å². The first-order valence-corrected chi connectivity index (χ1v) is 5.49. The molecular formula is C11H18N2O2. The van der Waals surface area contributed by atoms with E-state index in [1.807, 2.05) is 6.20 Å². The van der Waals surface area contributed by atoms with Gasteiger partial charge >= 0.3 is 0 Å². The van der Waals surface area contributed by atoms with Crippen molar-refractivity contribution in [2.75, 3.05) is 13.2 Å². The average Bonchev–Trinajstić information content (AvgIpc) is 2.71. The van der Waals surface area contributed by atoms with Crippen molar-refractivity contribution in [1.82, 2.24) is 5.32 Å². The molecule has 4 heteroatoms. The number of aliphatic imine (C=N–C) groups is 1. The molecule has 2 fully saturated rings. The van der Waals surface area contributed by atoms with Crippen molar-refractivity contribution >= 4 is 6.72 Å². The number of hydrogen-bond acceptors (Lipinski definition) is 4. The van der Waals surface area contributed by atoms with E-state index in [0.717, 1.165) is 38.9 Å². The lowest BCUT2D eigenvalue weighted by Gasteiger charge is -2.35. The monoisotopic (exact) mass is 210 g/mol. The van der Waals surface area contributed by atoms with Crippen LogP contribution in [-0.4, -0.2) is 31.8 Å². The maximum Gasteiger partial charge on any atom is 0.168 e. The number of nitrogens with zero attached hydrogens (tertiary/aromatic N) is 1. The van der Waals surface area contributed by atoms with Gasteiger partial charge in [0.25, 0.3) is 0 Å². The minimum Gasteiger partial charge on any atom is -0.387 e. The highest BCUT2D eigenvalue weighted by Gasteiger charge is 2.39. The van der Waals surface area contributed by atoms with Crippen LogP contribution in [0, 0.1) is 0 Å². The van der Waals surface area contributed by atoms with Crippen molar-refractivity contribution in [3.05, 3.63) is 12.4 Å². The standard InChI is InChI=1S/C11H18N2O2/c1-12-6-7-13-10-2-4-11(5-3-10)14-8-9-15-11/h6-7,10,13H,1-5,8-9H2/b7-6-. The third-order valence-corrected chi connectivity index (χ3v) is 3.07. The summed E-state index contributed by atoms with van der Waals surface area (Å²) in [6.45, 7) is 4.88. The van der Waals surface area contributed by atoms with Crippen molar-refractivity contribution < 1.29 is 9.47 Å². The first-order valence-electron chi connectivity index (χ1n) is 5.49. The second-order valence-corrected chi connectivity index (χ2v) is 4.05. The fourth-order valence-corrected chi connectivity index (χ4v) is 2.24. The van der Waals surface area contributed by atoms with Crippen LogP contribution in [0.15, 0.2) is 17.4 Å². The van der Waals surface area contributed by atoms with E-state index in [1.54, 1.807) is 6.20 Å². The quantitative estimate of drug-likeness (QED) is 0.717. The molecule has 1 saturated carbocycles. The maximum absolute atomic E-state index is 5.66. The van der Waals surface area contributed by atoms with Gasteiger partial charge in [-0.05, 0) is 19.6 Å².